The van der Waals surface area contributed by atoms with Crippen molar-refractivity contribution in [3.63, 3.8) is 0 Å². The molecule has 8 heteroatoms. The van der Waals surface area contributed by atoms with Crippen LogP contribution < -0.4 is 19.8 Å². The fourth-order valence-electron chi connectivity index (χ4n) is 3.49. The zero-order chi connectivity index (χ0) is 20.4. The summed E-state index contributed by atoms with van der Waals surface area (Å²) < 4.78 is 16.0. The van der Waals surface area contributed by atoms with E-state index in [1.807, 2.05) is 0 Å². The van der Waals surface area contributed by atoms with E-state index in [0.29, 0.717) is 46.4 Å². The van der Waals surface area contributed by atoms with E-state index in [1.165, 1.54) is 21.3 Å². The molecule has 1 aliphatic rings. The summed E-state index contributed by atoms with van der Waals surface area (Å²) in [6.07, 6.45) is 1.57. The minimum Gasteiger partial charge on any atom is -0.493 e. The third-order valence-corrected chi connectivity index (χ3v) is 5.15. The molecule has 0 aliphatic carbocycles. The number of nitrogens with one attached hydrogen (secondary N) is 1. The van der Waals surface area contributed by atoms with Crippen molar-refractivity contribution in [3.8, 4) is 17.2 Å². The van der Waals surface area contributed by atoms with Gasteiger partial charge in [0, 0.05) is 23.4 Å². The molecule has 150 valence electrons. The highest BCUT2D eigenvalue weighted by Crippen LogP contribution is 2.39. The summed E-state index contributed by atoms with van der Waals surface area (Å²) in [5.41, 5.74) is 1.51. The maximum absolute atomic E-state index is 13.3. The van der Waals surface area contributed by atoms with E-state index in [1.54, 1.807) is 30.9 Å². The van der Waals surface area contributed by atoms with Crippen molar-refractivity contribution < 1.29 is 19.0 Å². The average Bonchev–Trinajstić information content (AvgIpc) is 3.19. The number of carbonyl (C=O) groups excluding carboxylic acids is 1. The van der Waals surface area contributed by atoms with E-state index in [2.05, 4.69) is 9.97 Å². The molecule has 1 aliphatic heterocycles. The molecule has 0 bridgehead atoms. The summed E-state index contributed by atoms with van der Waals surface area (Å²) >= 11 is 0. The van der Waals surface area contributed by atoms with E-state index in [0.717, 1.165) is 12.8 Å². The predicted molar refractivity (Wildman–Crippen MR) is 103 cm³/mol. The molecule has 1 fully saturated rings. The Morgan fingerprint density at radius 1 is 1.14 bits per heavy atom. The molecule has 1 aromatic carbocycles. The molecule has 1 atom stereocenters. The molecule has 1 saturated heterocycles. The van der Waals surface area contributed by atoms with Crippen LogP contribution in [0.15, 0.2) is 16.9 Å². The third-order valence-electron chi connectivity index (χ3n) is 5.15. The van der Waals surface area contributed by atoms with Crippen molar-refractivity contribution in [1.82, 2.24) is 14.9 Å². The lowest BCUT2D eigenvalue weighted by Crippen LogP contribution is -2.33. The average molecular weight is 387 g/mol. The fourth-order valence-corrected chi connectivity index (χ4v) is 3.49. The van der Waals surface area contributed by atoms with Gasteiger partial charge in [0.05, 0.1) is 27.4 Å². The second kappa shape index (κ2) is 7.92. The lowest BCUT2D eigenvalue weighted by molar-refractivity contribution is 0.0728. The van der Waals surface area contributed by atoms with E-state index >= 15 is 0 Å². The number of methoxy groups -OCH3 is 3. The van der Waals surface area contributed by atoms with Crippen LogP contribution >= 0.6 is 0 Å². The molecule has 0 radical (unpaired) electrons. The molecule has 0 spiro atoms. The molecule has 0 unspecified atom stereocenters. The number of rotatable bonds is 5. The van der Waals surface area contributed by atoms with Gasteiger partial charge in [-0.05, 0) is 38.8 Å². The number of benzene rings is 1. The Labute approximate surface area is 163 Å². The smallest absolute Gasteiger partial charge is 0.254 e. The van der Waals surface area contributed by atoms with Gasteiger partial charge in [-0.2, -0.15) is 0 Å². The lowest BCUT2D eigenvalue weighted by Gasteiger charge is -2.25. The number of carbonyl (C=O) groups is 1. The van der Waals surface area contributed by atoms with Crippen molar-refractivity contribution in [2.45, 2.75) is 32.7 Å². The Hall–Kier alpha value is -3.03. The topological polar surface area (TPSA) is 93.8 Å². The first-order valence-corrected chi connectivity index (χ1v) is 9.09. The molecular formula is C20H25N3O5. The zero-order valence-electron chi connectivity index (χ0n) is 16.8. The van der Waals surface area contributed by atoms with E-state index in [-0.39, 0.29) is 17.5 Å². The van der Waals surface area contributed by atoms with Gasteiger partial charge in [-0.25, -0.2) is 4.98 Å². The largest absolute Gasteiger partial charge is 0.493 e. The molecule has 2 heterocycles. The minimum absolute atomic E-state index is 0.172. The summed E-state index contributed by atoms with van der Waals surface area (Å²) in [5.74, 6) is 1.60. The maximum atomic E-state index is 13.3. The van der Waals surface area contributed by atoms with Crippen LogP contribution in [0.3, 0.4) is 0 Å². The Balaban J connectivity index is 1.99. The molecule has 28 heavy (non-hydrogen) atoms. The number of H-pyrrole nitrogens is 1. The van der Waals surface area contributed by atoms with Crippen LogP contribution in [0, 0.1) is 13.8 Å². The molecular weight excluding hydrogens is 362 g/mol. The number of ether oxygens (including phenoxy) is 3. The second-order valence-electron chi connectivity index (χ2n) is 6.73. The number of hydrogen-bond donors (Lipinski definition) is 1. The van der Waals surface area contributed by atoms with Gasteiger partial charge in [0.1, 0.15) is 5.82 Å². The van der Waals surface area contributed by atoms with Gasteiger partial charge in [0.2, 0.25) is 5.75 Å². The van der Waals surface area contributed by atoms with Crippen LogP contribution in [-0.4, -0.2) is 48.6 Å². The first-order chi connectivity index (χ1) is 13.4. The van der Waals surface area contributed by atoms with Gasteiger partial charge in [0.25, 0.3) is 11.5 Å². The number of aryl methyl sites for hydroxylation is 1. The molecule has 0 saturated carbocycles. The third kappa shape index (κ3) is 3.42. The van der Waals surface area contributed by atoms with Gasteiger partial charge >= 0.3 is 0 Å². The van der Waals surface area contributed by atoms with Crippen LogP contribution in [0.1, 0.15) is 46.3 Å². The van der Waals surface area contributed by atoms with Gasteiger partial charge < -0.3 is 24.1 Å². The van der Waals surface area contributed by atoms with Crippen LogP contribution in [0.4, 0.5) is 0 Å². The van der Waals surface area contributed by atoms with Gasteiger partial charge in [-0.1, -0.05) is 0 Å². The van der Waals surface area contributed by atoms with Crippen molar-refractivity contribution in [1.29, 1.82) is 0 Å². The molecule has 2 aromatic rings. The summed E-state index contributed by atoms with van der Waals surface area (Å²) in [4.78, 5) is 34.5. The number of nitrogens with zero attached hydrogens (tertiary/aromatic N) is 2. The van der Waals surface area contributed by atoms with Crippen LogP contribution in [0.25, 0.3) is 0 Å². The van der Waals surface area contributed by atoms with Gasteiger partial charge in [-0.15, -0.1) is 0 Å². The molecule has 3 rings (SSSR count). The van der Waals surface area contributed by atoms with E-state index in [9.17, 15) is 9.59 Å². The summed E-state index contributed by atoms with van der Waals surface area (Å²) in [7, 11) is 4.53. The minimum atomic E-state index is -0.279. The predicted octanol–water partition coefficient (Wildman–Crippen LogP) is 2.39. The standard InChI is InChI=1S/C20H25N3O5/c1-11-12(2)21-18(22-19(11)24)14-7-6-8-23(14)20(25)13-9-15(26-3)17(28-5)16(10-13)27-4/h9-10,14H,6-8H2,1-5H3,(H,21,22,24)/t14-/m1/s1. The summed E-state index contributed by atoms with van der Waals surface area (Å²) in [6.45, 7) is 4.11. The second-order valence-corrected chi connectivity index (χ2v) is 6.73. The number of hydrogen-bond acceptors (Lipinski definition) is 6. The Morgan fingerprint density at radius 3 is 2.32 bits per heavy atom. The first kappa shape index (κ1) is 19.7. The molecule has 1 amide bonds. The Kier molecular flexibility index (Phi) is 5.58. The highest BCUT2D eigenvalue weighted by molar-refractivity contribution is 5.96. The van der Waals surface area contributed by atoms with Crippen molar-refractivity contribution in [3.05, 3.63) is 45.1 Å². The zero-order valence-corrected chi connectivity index (χ0v) is 16.8. The van der Waals surface area contributed by atoms with E-state index < -0.39 is 0 Å². The number of amides is 1. The van der Waals surface area contributed by atoms with Crippen LogP contribution in [0.5, 0.6) is 17.2 Å². The van der Waals surface area contributed by atoms with Crippen molar-refractivity contribution >= 4 is 5.91 Å². The molecule has 1 aromatic heterocycles. The highest BCUT2D eigenvalue weighted by atomic mass is 16.5. The lowest BCUT2D eigenvalue weighted by atomic mass is 10.1. The van der Waals surface area contributed by atoms with E-state index in [4.69, 9.17) is 14.2 Å². The molecule has 8 nitrogen and oxygen atoms in total. The van der Waals surface area contributed by atoms with Gasteiger partial charge in [-0.3, -0.25) is 9.59 Å². The van der Waals surface area contributed by atoms with Crippen molar-refractivity contribution in [2.24, 2.45) is 0 Å². The maximum Gasteiger partial charge on any atom is 0.254 e. The monoisotopic (exact) mass is 387 g/mol. The summed E-state index contributed by atoms with van der Waals surface area (Å²) in [5, 5.41) is 0. The number of likely N-dealkylation sites (tertiary alicyclic amines) is 1. The fraction of sp³-hybridized carbons (Fsp3) is 0.450. The molecule has 1 N–H and O–H groups in total. The highest BCUT2D eigenvalue weighted by Gasteiger charge is 2.33. The first-order valence-electron chi connectivity index (χ1n) is 9.09. The van der Waals surface area contributed by atoms with Crippen molar-refractivity contribution in [2.75, 3.05) is 27.9 Å². The van der Waals surface area contributed by atoms with Crippen LogP contribution in [-0.2, 0) is 0 Å². The van der Waals surface area contributed by atoms with Gasteiger partial charge in [0.15, 0.2) is 11.5 Å². The Morgan fingerprint density at radius 2 is 1.79 bits per heavy atom. The number of aromatic nitrogens is 2. The Bertz CT molecular complexity index is 928. The normalized spacial score (nSPS) is 16.2. The van der Waals surface area contributed by atoms with Crippen LogP contribution in [0.2, 0.25) is 0 Å². The quantitative estimate of drug-likeness (QED) is 0.847. The SMILES string of the molecule is COc1cc(C(=O)N2CCC[C@@H]2c2nc(C)c(C)c(=O)[nH]2)cc(OC)c1OC. The summed E-state index contributed by atoms with van der Waals surface area (Å²) in [6, 6.07) is 2.99. The number of aromatic amines is 1.